The van der Waals surface area contributed by atoms with Crippen LogP contribution >= 0.6 is 0 Å². The summed E-state index contributed by atoms with van der Waals surface area (Å²) >= 11 is 0. The molecular weight excluding hydrogens is 286 g/mol. The highest BCUT2D eigenvalue weighted by molar-refractivity contribution is 6.09. The molecule has 0 atom stereocenters. The van der Waals surface area contributed by atoms with Crippen molar-refractivity contribution in [2.24, 2.45) is 7.05 Å². The molecule has 23 heavy (non-hydrogen) atoms. The van der Waals surface area contributed by atoms with E-state index in [1.54, 1.807) is 0 Å². The molecule has 4 nitrogen and oxygen atoms in total. The Morgan fingerprint density at radius 1 is 1.00 bits per heavy atom. The van der Waals surface area contributed by atoms with E-state index in [0.29, 0.717) is 6.41 Å². The maximum atomic E-state index is 10.6. The Balaban J connectivity index is 1.93. The molecule has 1 N–H and O–H groups in total. The highest BCUT2D eigenvalue weighted by Crippen LogP contribution is 2.32. The molecule has 4 heteroatoms. The molecule has 4 rings (SSSR count). The van der Waals surface area contributed by atoms with Crippen LogP contribution in [0.2, 0.25) is 0 Å². The fraction of sp³-hybridized carbons (Fsp3) is 0.0526. The van der Waals surface area contributed by atoms with Crippen molar-refractivity contribution in [3.05, 3.63) is 60.9 Å². The zero-order valence-corrected chi connectivity index (χ0v) is 12.7. The van der Waals surface area contributed by atoms with Crippen molar-refractivity contribution in [1.29, 1.82) is 0 Å². The summed E-state index contributed by atoms with van der Waals surface area (Å²) in [7, 11) is 2.06. The SMILES string of the molecule is Cn1c2ccc(-c3cccc(NC=O)c3)cc2c2ccncc21. The van der Waals surface area contributed by atoms with E-state index in [1.807, 2.05) is 42.7 Å². The summed E-state index contributed by atoms with van der Waals surface area (Å²) in [6.45, 7) is 0. The largest absolute Gasteiger partial charge is 0.342 e. The number of fused-ring (bicyclic) bond motifs is 3. The second kappa shape index (κ2) is 5.25. The standard InChI is InChI=1S/C19H15N3O/c1-22-18-6-5-14(13-3-2-4-15(9-13)21-12-23)10-17(18)16-7-8-20-11-19(16)22/h2-12H,1H3,(H,21,23). The van der Waals surface area contributed by atoms with Crippen LogP contribution in [-0.2, 0) is 11.8 Å². The fourth-order valence-electron chi connectivity index (χ4n) is 3.09. The lowest BCUT2D eigenvalue weighted by Crippen LogP contribution is -1.93. The Labute approximate surface area is 133 Å². The predicted octanol–water partition coefficient (Wildman–Crippen LogP) is 3.96. The molecule has 2 aromatic heterocycles. The van der Waals surface area contributed by atoms with Gasteiger partial charge in [-0.25, -0.2) is 0 Å². The van der Waals surface area contributed by atoms with Crippen LogP contribution in [0.4, 0.5) is 5.69 Å². The molecular formula is C19H15N3O. The maximum absolute atomic E-state index is 10.6. The van der Waals surface area contributed by atoms with Gasteiger partial charge in [0.2, 0.25) is 6.41 Å². The molecule has 0 aliphatic heterocycles. The number of amides is 1. The number of anilines is 1. The minimum Gasteiger partial charge on any atom is -0.342 e. The van der Waals surface area contributed by atoms with Crippen LogP contribution in [0.1, 0.15) is 0 Å². The first-order chi connectivity index (χ1) is 11.3. The van der Waals surface area contributed by atoms with Crippen LogP contribution in [0, 0.1) is 0 Å². The number of nitrogens with zero attached hydrogens (tertiary/aromatic N) is 2. The van der Waals surface area contributed by atoms with Crippen molar-refractivity contribution in [3.8, 4) is 11.1 Å². The second-order valence-electron chi connectivity index (χ2n) is 5.53. The average molecular weight is 301 g/mol. The van der Waals surface area contributed by atoms with E-state index in [2.05, 4.69) is 40.1 Å². The summed E-state index contributed by atoms with van der Waals surface area (Å²) in [6, 6.07) is 16.3. The molecule has 0 aliphatic rings. The lowest BCUT2D eigenvalue weighted by molar-refractivity contribution is -0.105. The van der Waals surface area contributed by atoms with Crippen LogP contribution in [0.5, 0.6) is 0 Å². The molecule has 0 fully saturated rings. The van der Waals surface area contributed by atoms with Gasteiger partial charge in [-0.05, 0) is 41.5 Å². The molecule has 2 aromatic carbocycles. The summed E-state index contributed by atoms with van der Waals surface area (Å²) in [6.07, 6.45) is 4.41. The number of carbonyl (C=O) groups is 1. The fourth-order valence-corrected chi connectivity index (χ4v) is 3.09. The van der Waals surface area contributed by atoms with E-state index >= 15 is 0 Å². The summed E-state index contributed by atoms with van der Waals surface area (Å²) in [5.74, 6) is 0. The summed E-state index contributed by atoms with van der Waals surface area (Å²) < 4.78 is 2.16. The van der Waals surface area contributed by atoms with Crippen LogP contribution in [-0.4, -0.2) is 16.0 Å². The van der Waals surface area contributed by atoms with Gasteiger partial charge in [0.1, 0.15) is 0 Å². The third-order valence-electron chi connectivity index (χ3n) is 4.23. The van der Waals surface area contributed by atoms with E-state index in [1.165, 1.54) is 16.3 Å². The van der Waals surface area contributed by atoms with Gasteiger partial charge < -0.3 is 9.88 Å². The van der Waals surface area contributed by atoms with E-state index in [4.69, 9.17) is 0 Å². The molecule has 2 heterocycles. The molecule has 0 radical (unpaired) electrons. The summed E-state index contributed by atoms with van der Waals surface area (Å²) in [5, 5.41) is 5.10. The highest BCUT2D eigenvalue weighted by Gasteiger charge is 2.09. The van der Waals surface area contributed by atoms with E-state index in [-0.39, 0.29) is 0 Å². The molecule has 0 bridgehead atoms. The Morgan fingerprint density at radius 3 is 2.74 bits per heavy atom. The number of hydrogen-bond acceptors (Lipinski definition) is 2. The Morgan fingerprint density at radius 2 is 1.87 bits per heavy atom. The molecule has 0 saturated carbocycles. The summed E-state index contributed by atoms with van der Waals surface area (Å²) in [4.78, 5) is 14.8. The van der Waals surface area contributed by atoms with Crippen LogP contribution in [0.15, 0.2) is 60.9 Å². The average Bonchev–Trinajstić information content (AvgIpc) is 2.88. The number of pyridine rings is 1. The number of rotatable bonds is 3. The summed E-state index contributed by atoms with van der Waals surface area (Å²) in [5.41, 5.74) is 5.29. The zero-order chi connectivity index (χ0) is 15.8. The third kappa shape index (κ3) is 2.16. The Bertz CT molecular complexity index is 1030. The third-order valence-corrected chi connectivity index (χ3v) is 4.23. The number of nitrogens with one attached hydrogen (secondary N) is 1. The quantitative estimate of drug-likeness (QED) is 0.582. The lowest BCUT2D eigenvalue weighted by Gasteiger charge is -2.05. The second-order valence-corrected chi connectivity index (χ2v) is 5.53. The van der Waals surface area contributed by atoms with Gasteiger partial charge in [0.05, 0.1) is 11.7 Å². The minimum absolute atomic E-state index is 0.694. The zero-order valence-electron chi connectivity index (χ0n) is 12.7. The Kier molecular flexibility index (Phi) is 3.08. The van der Waals surface area contributed by atoms with E-state index in [9.17, 15) is 4.79 Å². The number of hydrogen-bond donors (Lipinski definition) is 1. The van der Waals surface area contributed by atoms with Gasteiger partial charge in [-0.1, -0.05) is 18.2 Å². The van der Waals surface area contributed by atoms with Gasteiger partial charge in [-0.3, -0.25) is 9.78 Å². The first kappa shape index (κ1) is 13.5. The number of benzene rings is 2. The smallest absolute Gasteiger partial charge is 0.211 e. The highest BCUT2D eigenvalue weighted by atomic mass is 16.1. The lowest BCUT2D eigenvalue weighted by atomic mass is 10.0. The van der Waals surface area contributed by atoms with Gasteiger partial charge in [-0.2, -0.15) is 0 Å². The molecule has 112 valence electrons. The number of aromatic nitrogens is 2. The first-order valence-corrected chi connectivity index (χ1v) is 7.41. The van der Waals surface area contributed by atoms with Crippen LogP contribution in [0.3, 0.4) is 0 Å². The van der Waals surface area contributed by atoms with Crippen LogP contribution < -0.4 is 5.32 Å². The molecule has 0 spiro atoms. The predicted molar refractivity (Wildman–Crippen MR) is 93.3 cm³/mol. The minimum atomic E-state index is 0.694. The number of aryl methyl sites for hydroxylation is 1. The maximum Gasteiger partial charge on any atom is 0.211 e. The van der Waals surface area contributed by atoms with Crippen LogP contribution in [0.25, 0.3) is 32.9 Å². The monoisotopic (exact) mass is 301 g/mol. The van der Waals surface area contributed by atoms with Gasteiger partial charge in [-0.15, -0.1) is 0 Å². The number of carbonyl (C=O) groups excluding carboxylic acids is 1. The molecule has 4 aromatic rings. The van der Waals surface area contributed by atoms with Crippen molar-refractivity contribution < 1.29 is 4.79 Å². The first-order valence-electron chi connectivity index (χ1n) is 7.41. The topological polar surface area (TPSA) is 46.9 Å². The van der Waals surface area contributed by atoms with Gasteiger partial charge in [0, 0.05) is 35.2 Å². The van der Waals surface area contributed by atoms with Crippen molar-refractivity contribution >= 4 is 33.9 Å². The molecule has 0 unspecified atom stereocenters. The van der Waals surface area contributed by atoms with Crippen molar-refractivity contribution in [1.82, 2.24) is 9.55 Å². The van der Waals surface area contributed by atoms with E-state index in [0.717, 1.165) is 22.3 Å². The molecule has 0 aliphatic carbocycles. The van der Waals surface area contributed by atoms with Crippen molar-refractivity contribution in [3.63, 3.8) is 0 Å². The van der Waals surface area contributed by atoms with Crippen molar-refractivity contribution in [2.45, 2.75) is 0 Å². The van der Waals surface area contributed by atoms with Gasteiger partial charge in [0.25, 0.3) is 0 Å². The van der Waals surface area contributed by atoms with Gasteiger partial charge in [0.15, 0.2) is 0 Å². The van der Waals surface area contributed by atoms with Crippen molar-refractivity contribution in [2.75, 3.05) is 5.32 Å². The molecule has 0 saturated heterocycles. The Hall–Kier alpha value is -3.14. The molecule has 1 amide bonds. The van der Waals surface area contributed by atoms with Gasteiger partial charge >= 0.3 is 0 Å². The normalized spacial score (nSPS) is 11.0. The van der Waals surface area contributed by atoms with E-state index < -0.39 is 0 Å².